The van der Waals surface area contributed by atoms with Crippen molar-refractivity contribution in [2.24, 2.45) is 8.80 Å². The molecule has 7 nitrogen and oxygen atoms in total. The van der Waals surface area contributed by atoms with E-state index in [-0.39, 0.29) is 18.0 Å². The van der Waals surface area contributed by atoms with E-state index in [0.717, 1.165) is 12.2 Å². The van der Waals surface area contributed by atoms with E-state index in [1.807, 2.05) is 18.2 Å². The fourth-order valence-corrected chi connectivity index (χ4v) is 3.76. The second-order valence-corrected chi connectivity index (χ2v) is 9.91. The van der Waals surface area contributed by atoms with Gasteiger partial charge >= 0.3 is 33.3 Å². The standard InChI is InChI=1S/C20H19N3O4S2.2ClH.Fe/c1-15(22-28-27-26-17-9-5-3-6-10-17)19-13-14-20(21-19)16(2)23-29(24,25)18-11-7-4-8-12-18;;;/h3-14,21H,1-2H3;2*1H;/q;;;+2/p-2/b22-15+,23-16+;;;. The summed E-state index contributed by atoms with van der Waals surface area (Å²) in [5, 5.41) is 0. The zero-order valence-electron chi connectivity index (χ0n) is 16.9. The molecule has 0 saturated heterocycles. The first-order valence-corrected chi connectivity index (χ1v) is 14.1. The molecule has 2 aromatic carbocycles. The molecule has 12 heteroatoms. The third-order valence-electron chi connectivity index (χ3n) is 3.84. The van der Waals surface area contributed by atoms with Crippen LogP contribution in [0.15, 0.2) is 86.5 Å². The predicted molar refractivity (Wildman–Crippen MR) is 126 cm³/mol. The van der Waals surface area contributed by atoms with Gasteiger partial charge in [-0.25, -0.2) is 0 Å². The fraction of sp³-hybridized carbons (Fsp3) is 0.100. The van der Waals surface area contributed by atoms with Crippen molar-refractivity contribution >= 4 is 53.9 Å². The maximum absolute atomic E-state index is 12.4. The Morgan fingerprint density at radius 3 is 2.03 bits per heavy atom. The number of H-pyrrole nitrogens is 1. The van der Waals surface area contributed by atoms with Crippen LogP contribution in [-0.4, -0.2) is 24.8 Å². The number of nitrogens with zero attached hydrogens (tertiary/aromatic N) is 2. The molecule has 0 radical (unpaired) electrons. The van der Waals surface area contributed by atoms with E-state index in [0.29, 0.717) is 28.6 Å². The van der Waals surface area contributed by atoms with Crippen LogP contribution >= 0.6 is 32.4 Å². The van der Waals surface area contributed by atoms with E-state index >= 15 is 0 Å². The number of halogens is 2. The summed E-state index contributed by atoms with van der Waals surface area (Å²) in [6, 6.07) is 20.7. The number of aromatic amines is 1. The van der Waals surface area contributed by atoms with Crippen LogP contribution in [-0.2, 0) is 27.5 Å². The van der Waals surface area contributed by atoms with Crippen LogP contribution in [0.1, 0.15) is 25.2 Å². The molecule has 0 aliphatic rings. The molecule has 0 saturated carbocycles. The number of sulfonamides is 1. The van der Waals surface area contributed by atoms with Crippen molar-refractivity contribution in [3.8, 4) is 5.75 Å². The Balaban J connectivity index is 0.00000114. The second kappa shape index (κ2) is 13.7. The van der Waals surface area contributed by atoms with E-state index < -0.39 is 10.0 Å². The van der Waals surface area contributed by atoms with Crippen molar-refractivity contribution in [1.82, 2.24) is 4.98 Å². The topological polar surface area (TPSA) is 93.1 Å². The molecule has 1 N–H and O–H groups in total. The zero-order chi connectivity index (χ0) is 23.4. The Bertz CT molecular complexity index is 1140. The van der Waals surface area contributed by atoms with Gasteiger partial charge < -0.3 is 9.87 Å². The molecular formula is C20H19Cl2FeN3O4S2. The molecule has 0 fully saturated rings. The van der Waals surface area contributed by atoms with Crippen LogP contribution in [0.4, 0.5) is 0 Å². The number of benzene rings is 2. The van der Waals surface area contributed by atoms with Gasteiger partial charge in [-0.2, -0.15) is 17.2 Å². The van der Waals surface area contributed by atoms with Gasteiger partial charge in [-0.3, -0.25) is 0 Å². The molecule has 3 aromatic rings. The van der Waals surface area contributed by atoms with Gasteiger partial charge in [0.1, 0.15) is 0 Å². The van der Waals surface area contributed by atoms with Gasteiger partial charge in [-0.15, -0.1) is 0 Å². The monoisotopic (exact) mass is 555 g/mol. The van der Waals surface area contributed by atoms with Gasteiger partial charge in [-0.05, 0) is 50.2 Å². The first-order valence-electron chi connectivity index (χ1n) is 8.89. The zero-order valence-corrected chi connectivity index (χ0v) is 21.1. The van der Waals surface area contributed by atoms with Crippen LogP contribution in [0.2, 0.25) is 0 Å². The predicted octanol–water partition coefficient (Wildman–Crippen LogP) is 5.97. The molecule has 0 amide bonds. The van der Waals surface area contributed by atoms with Crippen molar-refractivity contribution in [3.05, 3.63) is 84.2 Å². The summed E-state index contributed by atoms with van der Waals surface area (Å²) in [4.78, 5) is 8.35. The summed E-state index contributed by atoms with van der Waals surface area (Å²) in [7, 11) is 5.76. The molecular weight excluding hydrogens is 537 g/mol. The number of hydrogen-bond donors (Lipinski definition) is 1. The first kappa shape index (κ1) is 26.5. The third-order valence-corrected chi connectivity index (χ3v) is 5.70. The normalized spacial score (nSPS) is 12.2. The number of aromatic nitrogens is 1. The Hall–Kier alpha value is -1.78. The van der Waals surface area contributed by atoms with E-state index in [9.17, 15) is 8.42 Å². The molecule has 0 atom stereocenters. The molecule has 32 heavy (non-hydrogen) atoms. The van der Waals surface area contributed by atoms with Gasteiger partial charge in [0.25, 0.3) is 10.0 Å². The van der Waals surface area contributed by atoms with Crippen molar-refractivity contribution in [2.45, 2.75) is 18.7 Å². The van der Waals surface area contributed by atoms with Crippen LogP contribution in [0.5, 0.6) is 5.75 Å². The Kier molecular flexibility index (Phi) is 11.3. The Labute approximate surface area is 206 Å². The molecule has 1 heterocycles. The average molecular weight is 556 g/mol. The van der Waals surface area contributed by atoms with E-state index in [1.165, 1.54) is 12.1 Å². The molecule has 0 spiro atoms. The number of rotatable bonds is 8. The van der Waals surface area contributed by atoms with Crippen LogP contribution in [0.25, 0.3) is 0 Å². The Morgan fingerprint density at radius 2 is 1.44 bits per heavy atom. The second-order valence-electron chi connectivity index (χ2n) is 6.02. The summed E-state index contributed by atoms with van der Waals surface area (Å²) in [6.07, 6.45) is 0. The summed E-state index contributed by atoms with van der Waals surface area (Å²) in [5.74, 6) is 0.571. The van der Waals surface area contributed by atoms with E-state index in [1.54, 1.807) is 56.3 Å². The van der Waals surface area contributed by atoms with Gasteiger partial charge in [-0.1, -0.05) is 40.7 Å². The van der Waals surface area contributed by atoms with Gasteiger partial charge in [0.15, 0.2) is 18.0 Å². The molecule has 0 bridgehead atoms. The summed E-state index contributed by atoms with van der Waals surface area (Å²) >= 11 is 0.990. The van der Waals surface area contributed by atoms with E-state index in [4.69, 9.17) is 29.4 Å². The molecule has 0 aliphatic carbocycles. The minimum atomic E-state index is -3.77. The Morgan fingerprint density at radius 1 is 0.906 bits per heavy atom. The van der Waals surface area contributed by atoms with Gasteiger partial charge in [0, 0.05) is 0 Å². The van der Waals surface area contributed by atoms with E-state index in [2.05, 4.69) is 13.8 Å². The number of nitrogens with one attached hydrogen (secondary N) is 1. The first-order chi connectivity index (χ1) is 15.4. The van der Waals surface area contributed by atoms with Crippen molar-refractivity contribution in [1.29, 1.82) is 0 Å². The molecule has 3 rings (SSSR count). The minimum absolute atomic E-state index is 0.149. The fourth-order valence-electron chi connectivity index (χ4n) is 2.34. The maximum atomic E-state index is 12.4. The quantitative estimate of drug-likeness (QED) is 0.0702. The SMILES string of the molecule is C/C(=N\SOOc1ccccc1)c1ccc(/C(C)=N/S(=O)(=O)c2ccccc2)[nH]1.[Cl][Fe][Cl]. The van der Waals surface area contributed by atoms with Crippen LogP contribution in [0.3, 0.4) is 0 Å². The summed E-state index contributed by atoms with van der Waals surface area (Å²) in [6.45, 7) is 3.43. The average Bonchev–Trinajstić information content (AvgIpc) is 3.29. The van der Waals surface area contributed by atoms with Gasteiger partial charge in [0.2, 0.25) is 0 Å². The van der Waals surface area contributed by atoms with Crippen LogP contribution < -0.4 is 4.89 Å². The van der Waals surface area contributed by atoms with Crippen molar-refractivity contribution in [2.75, 3.05) is 0 Å². The molecule has 0 unspecified atom stereocenters. The molecule has 1 aromatic heterocycles. The third kappa shape index (κ3) is 8.63. The molecule has 0 aliphatic heterocycles. The van der Waals surface area contributed by atoms with Gasteiger partial charge in [0.05, 0.1) is 27.7 Å². The summed E-state index contributed by atoms with van der Waals surface area (Å²) < 4.78 is 37.9. The van der Waals surface area contributed by atoms with Crippen molar-refractivity contribution < 1.29 is 30.8 Å². The molecule has 172 valence electrons. The number of para-hydroxylation sites is 1. The van der Waals surface area contributed by atoms with Crippen molar-refractivity contribution in [3.63, 3.8) is 0 Å². The number of hydrogen-bond acceptors (Lipinski definition) is 6. The summed E-state index contributed by atoms with van der Waals surface area (Å²) in [5.41, 5.74) is 2.30. The van der Waals surface area contributed by atoms with Crippen LogP contribution in [0, 0.1) is 0 Å².